The van der Waals surface area contributed by atoms with Gasteiger partial charge in [-0.3, -0.25) is 4.79 Å². The van der Waals surface area contributed by atoms with Gasteiger partial charge in [0.15, 0.2) is 5.78 Å². The minimum absolute atomic E-state index is 0.105. The fraction of sp³-hybridized carbons (Fsp3) is 0.733. The van der Waals surface area contributed by atoms with Gasteiger partial charge in [-0.2, -0.15) is 0 Å². The van der Waals surface area contributed by atoms with E-state index in [1.807, 2.05) is 6.08 Å². The summed E-state index contributed by atoms with van der Waals surface area (Å²) in [4.78, 5) is 23.8. The molecule has 0 N–H and O–H groups in total. The van der Waals surface area contributed by atoms with Crippen molar-refractivity contribution in [1.29, 1.82) is 0 Å². The molecule has 18 heavy (non-hydrogen) atoms. The molecule has 0 radical (unpaired) electrons. The van der Waals surface area contributed by atoms with E-state index in [0.29, 0.717) is 12.3 Å². The third-order valence-electron chi connectivity index (χ3n) is 3.24. The standard InChI is InChI=1S/C15H24O3/c1-4-14(16)13(15(17)18-11(2)3)10-12-8-6-5-7-9-12/h10-12H,4-9H2,1-3H3. The van der Waals surface area contributed by atoms with Crippen LogP contribution in [0.5, 0.6) is 0 Å². The smallest absolute Gasteiger partial charge is 0.341 e. The summed E-state index contributed by atoms with van der Waals surface area (Å²) >= 11 is 0. The number of esters is 1. The number of carbonyl (C=O) groups excluding carboxylic acids is 2. The Balaban J connectivity index is 2.79. The maximum Gasteiger partial charge on any atom is 0.341 e. The number of rotatable bonds is 5. The molecule has 1 fully saturated rings. The van der Waals surface area contributed by atoms with Crippen molar-refractivity contribution in [3.63, 3.8) is 0 Å². The lowest BCUT2D eigenvalue weighted by molar-refractivity contribution is -0.143. The first-order valence-corrected chi connectivity index (χ1v) is 7.00. The number of ketones is 1. The van der Waals surface area contributed by atoms with Crippen molar-refractivity contribution in [3.05, 3.63) is 11.6 Å². The first-order valence-electron chi connectivity index (χ1n) is 7.00. The molecule has 3 heteroatoms. The Hall–Kier alpha value is -1.12. The lowest BCUT2D eigenvalue weighted by Crippen LogP contribution is -2.20. The number of allylic oxidation sites excluding steroid dienone is 1. The van der Waals surface area contributed by atoms with Crippen LogP contribution in [-0.2, 0) is 14.3 Å². The van der Waals surface area contributed by atoms with Crippen LogP contribution in [0.3, 0.4) is 0 Å². The molecular formula is C15H24O3. The second-order valence-corrected chi connectivity index (χ2v) is 5.21. The number of carbonyl (C=O) groups is 2. The average molecular weight is 252 g/mol. The van der Waals surface area contributed by atoms with Crippen LogP contribution in [0.4, 0.5) is 0 Å². The van der Waals surface area contributed by atoms with Gasteiger partial charge in [-0.1, -0.05) is 32.3 Å². The van der Waals surface area contributed by atoms with Gasteiger partial charge in [0.05, 0.1) is 11.7 Å². The summed E-state index contributed by atoms with van der Waals surface area (Å²) in [5.74, 6) is -0.197. The molecule has 1 aliphatic carbocycles. The van der Waals surface area contributed by atoms with E-state index in [0.717, 1.165) is 12.8 Å². The van der Waals surface area contributed by atoms with Gasteiger partial charge in [0.1, 0.15) is 0 Å². The fourth-order valence-corrected chi connectivity index (χ4v) is 2.28. The maximum absolute atomic E-state index is 11.9. The van der Waals surface area contributed by atoms with Crippen LogP contribution in [0.15, 0.2) is 11.6 Å². The Kier molecular flexibility index (Phi) is 6.10. The van der Waals surface area contributed by atoms with Crippen molar-refractivity contribution >= 4 is 11.8 Å². The second kappa shape index (κ2) is 7.34. The van der Waals surface area contributed by atoms with E-state index < -0.39 is 5.97 Å². The molecular weight excluding hydrogens is 228 g/mol. The van der Waals surface area contributed by atoms with E-state index in [1.54, 1.807) is 20.8 Å². The number of hydrogen-bond acceptors (Lipinski definition) is 3. The number of ether oxygens (including phenoxy) is 1. The Morgan fingerprint density at radius 3 is 2.33 bits per heavy atom. The molecule has 0 aromatic rings. The van der Waals surface area contributed by atoms with E-state index in [9.17, 15) is 9.59 Å². The summed E-state index contributed by atoms with van der Waals surface area (Å²) in [5, 5.41) is 0. The molecule has 0 aromatic carbocycles. The van der Waals surface area contributed by atoms with Crippen molar-refractivity contribution in [2.45, 2.75) is 65.4 Å². The van der Waals surface area contributed by atoms with Crippen molar-refractivity contribution in [1.82, 2.24) is 0 Å². The molecule has 0 aromatic heterocycles. The Bertz CT molecular complexity index is 323. The van der Waals surface area contributed by atoms with Gasteiger partial charge in [-0.25, -0.2) is 4.79 Å². The van der Waals surface area contributed by atoms with E-state index in [2.05, 4.69) is 0 Å². The van der Waals surface area contributed by atoms with Crippen LogP contribution in [0.1, 0.15) is 59.3 Å². The van der Waals surface area contributed by atoms with Crippen LogP contribution < -0.4 is 0 Å². The first kappa shape index (κ1) is 14.9. The van der Waals surface area contributed by atoms with Crippen LogP contribution in [0, 0.1) is 5.92 Å². The molecule has 1 saturated carbocycles. The average Bonchev–Trinajstić information content (AvgIpc) is 2.35. The zero-order chi connectivity index (χ0) is 13.5. The molecule has 0 spiro atoms. The zero-order valence-corrected chi connectivity index (χ0v) is 11.7. The summed E-state index contributed by atoms with van der Waals surface area (Å²) in [6.45, 7) is 5.37. The normalized spacial score (nSPS) is 17.9. The molecule has 0 bridgehead atoms. The molecule has 102 valence electrons. The zero-order valence-electron chi connectivity index (χ0n) is 11.7. The molecule has 0 heterocycles. The highest BCUT2D eigenvalue weighted by Crippen LogP contribution is 2.26. The quantitative estimate of drug-likeness (QED) is 0.326. The fourth-order valence-electron chi connectivity index (χ4n) is 2.28. The van der Waals surface area contributed by atoms with Crippen molar-refractivity contribution in [2.75, 3.05) is 0 Å². The highest BCUT2D eigenvalue weighted by atomic mass is 16.5. The lowest BCUT2D eigenvalue weighted by Gasteiger charge is -2.19. The Morgan fingerprint density at radius 1 is 1.22 bits per heavy atom. The van der Waals surface area contributed by atoms with Gasteiger partial charge in [0.25, 0.3) is 0 Å². The lowest BCUT2D eigenvalue weighted by atomic mass is 9.87. The van der Waals surface area contributed by atoms with Gasteiger partial charge in [-0.15, -0.1) is 0 Å². The molecule has 0 aliphatic heterocycles. The molecule has 0 unspecified atom stereocenters. The molecule has 3 nitrogen and oxygen atoms in total. The summed E-state index contributed by atoms with van der Waals surface area (Å²) < 4.78 is 5.15. The molecule has 0 saturated heterocycles. The van der Waals surface area contributed by atoms with E-state index in [-0.39, 0.29) is 17.5 Å². The van der Waals surface area contributed by atoms with Crippen molar-refractivity contribution in [2.24, 2.45) is 5.92 Å². The topological polar surface area (TPSA) is 43.4 Å². The minimum atomic E-state index is -0.456. The predicted molar refractivity (Wildman–Crippen MR) is 71.2 cm³/mol. The number of hydrogen-bond donors (Lipinski definition) is 0. The van der Waals surface area contributed by atoms with Crippen LogP contribution in [0.25, 0.3) is 0 Å². The van der Waals surface area contributed by atoms with E-state index in [1.165, 1.54) is 19.3 Å². The Morgan fingerprint density at radius 2 is 1.83 bits per heavy atom. The third-order valence-corrected chi connectivity index (χ3v) is 3.24. The highest BCUT2D eigenvalue weighted by Gasteiger charge is 2.22. The summed E-state index contributed by atoms with van der Waals surface area (Å²) in [6.07, 6.45) is 7.82. The summed E-state index contributed by atoms with van der Waals surface area (Å²) in [5.41, 5.74) is 0.262. The molecule has 0 amide bonds. The van der Waals surface area contributed by atoms with Gasteiger partial charge < -0.3 is 4.74 Å². The largest absolute Gasteiger partial charge is 0.459 e. The van der Waals surface area contributed by atoms with Gasteiger partial charge in [-0.05, 0) is 32.6 Å². The highest BCUT2D eigenvalue weighted by molar-refractivity contribution is 6.17. The van der Waals surface area contributed by atoms with E-state index >= 15 is 0 Å². The predicted octanol–water partition coefficient (Wildman–Crippen LogP) is 3.42. The van der Waals surface area contributed by atoms with Crippen LogP contribution >= 0.6 is 0 Å². The monoisotopic (exact) mass is 252 g/mol. The van der Waals surface area contributed by atoms with E-state index in [4.69, 9.17) is 4.74 Å². The Labute approximate surface area is 110 Å². The van der Waals surface area contributed by atoms with Gasteiger partial charge in [0, 0.05) is 6.42 Å². The van der Waals surface area contributed by atoms with Crippen LogP contribution in [-0.4, -0.2) is 17.9 Å². The first-order chi connectivity index (χ1) is 8.54. The molecule has 0 atom stereocenters. The minimum Gasteiger partial charge on any atom is -0.459 e. The molecule has 1 aliphatic rings. The SMILES string of the molecule is CCC(=O)C(=CC1CCCCC1)C(=O)OC(C)C. The summed E-state index contributed by atoms with van der Waals surface area (Å²) in [7, 11) is 0. The number of Topliss-reactive ketones (excluding diaryl/α,β-unsaturated/α-hetero) is 1. The van der Waals surface area contributed by atoms with Crippen LogP contribution in [0.2, 0.25) is 0 Å². The van der Waals surface area contributed by atoms with Crippen molar-refractivity contribution in [3.8, 4) is 0 Å². The van der Waals surface area contributed by atoms with Gasteiger partial charge in [0.2, 0.25) is 0 Å². The maximum atomic E-state index is 11.9. The van der Waals surface area contributed by atoms with Gasteiger partial charge >= 0.3 is 5.97 Å². The third kappa shape index (κ3) is 4.63. The molecule has 1 rings (SSSR count). The van der Waals surface area contributed by atoms with Crippen molar-refractivity contribution < 1.29 is 14.3 Å². The second-order valence-electron chi connectivity index (χ2n) is 5.21. The summed E-state index contributed by atoms with van der Waals surface area (Å²) in [6, 6.07) is 0.